The molecular weight excluding hydrogens is 422 g/mol. The number of aliphatic hydroxyl groups excluding tert-OH is 1. The van der Waals surface area contributed by atoms with E-state index in [-0.39, 0.29) is 17.9 Å². The number of furan rings is 1. The number of likely N-dealkylation sites (tertiary alicyclic amines) is 1. The van der Waals surface area contributed by atoms with E-state index in [0.717, 1.165) is 0 Å². The zero-order chi connectivity index (χ0) is 23.4. The average molecular weight is 447 g/mol. The van der Waals surface area contributed by atoms with Gasteiger partial charge in [-0.15, -0.1) is 0 Å². The molecule has 33 heavy (non-hydrogen) atoms. The summed E-state index contributed by atoms with van der Waals surface area (Å²) in [6.07, 6.45) is 1.51. The molecule has 1 fully saturated rings. The van der Waals surface area contributed by atoms with Crippen LogP contribution in [0.4, 0.5) is 0 Å². The van der Waals surface area contributed by atoms with Crippen LogP contribution in [-0.2, 0) is 16.1 Å². The van der Waals surface area contributed by atoms with Gasteiger partial charge in [0.2, 0.25) is 0 Å². The summed E-state index contributed by atoms with van der Waals surface area (Å²) in [6, 6.07) is 16.8. The quantitative estimate of drug-likeness (QED) is 0.306. The summed E-state index contributed by atoms with van der Waals surface area (Å²) >= 11 is 0. The fourth-order valence-corrected chi connectivity index (χ4v) is 3.97. The van der Waals surface area contributed by atoms with E-state index >= 15 is 0 Å². The SMILES string of the molecule is CCOc1ccc(/C(O)=C2/C(=O)C(=O)N(Cc3ccco3)C2c2ccccc2)c(OCC)c1. The molecule has 1 saturated heterocycles. The molecule has 7 heteroatoms. The number of amides is 1. The maximum atomic E-state index is 13.2. The summed E-state index contributed by atoms with van der Waals surface area (Å²) in [7, 11) is 0. The van der Waals surface area contributed by atoms with Crippen LogP contribution in [0.1, 0.15) is 36.8 Å². The van der Waals surface area contributed by atoms with Crippen LogP contribution in [0.5, 0.6) is 11.5 Å². The van der Waals surface area contributed by atoms with Crippen LogP contribution in [0.25, 0.3) is 5.76 Å². The molecule has 0 aliphatic carbocycles. The van der Waals surface area contributed by atoms with Gasteiger partial charge in [-0.1, -0.05) is 30.3 Å². The molecule has 0 spiro atoms. The van der Waals surface area contributed by atoms with Crippen molar-refractivity contribution in [1.82, 2.24) is 4.90 Å². The zero-order valence-corrected chi connectivity index (χ0v) is 18.5. The molecule has 0 bridgehead atoms. The van der Waals surface area contributed by atoms with Crippen molar-refractivity contribution in [2.24, 2.45) is 0 Å². The summed E-state index contributed by atoms with van der Waals surface area (Å²) in [5.41, 5.74) is 1.02. The number of carbonyl (C=O) groups is 2. The minimum absolute atomic E-state index is 0.00266. The lowest BCUT2D eigenvalue weighted by molar-refractivity contribution is -0.140. The van der Waals surface area contributed by atoms with Gasteiger partial charge in [-0.3, -0.25) is 9.59 Å². The lowest BCUT2D eigenvalue weighted by Gasteiger charge is -2.24. The van der Waals surface area contributed by atoms with Crippen molar-refractivity contribution in [2.75, 3.05) is 13.2 Å². The topological polar surface area (TPSA) is 89.2 Å². The van der Waals surface area contributed by atoms with Gasteiger partial charge in [0, 0.05) is 6.07 Å². The molecular formula is C26H25NO6. The molecule has 1 atom stereocenters. The Morgan fingerprint density at radius 2 is 1.76 bits per heavy atom. The molecule has 7 nitrogen and oxygen atoms in total. The standard InChI is InChI=1S/C26H25NO6/c1-3-31-18-12-13-20(21(15-18)32-4-2)24(28)22-23(17-9-6-5-7-10-17)27(26(30)25(22)29)16-19-11-8-14-33-19/h5-15,23,28H,3-4,16H2,1-2H3/b24-22-. The third-order valence-corrected chi connectivity index (χ3v) is 5.38. The minimum atomic E-state index is -0.780. The molecule has 1 amide bonds. The lowest BCUT2D eigenvalue weighted by Crippen LogP contribution is -2.29. The van der Waals surface area contributed by atoms with E-state index in [2.05, 4.69) is 0 Å². The van der Waals surface area contributed by atoms with Crippen LogP contribution < -0.4 is 9.47 Å². The summed E-state index contributed by atoms with van der Waals surface area (Å²) < 4.78 is 16.7. The molecule has 1 aromatic heterocycles. The maximum absolute atomic E-state index is 13.2. The number of Topliss-reactive ketones (excluding diaryl/α,β-unsaturated/α-hetero) is 1. The number of nitrogens with zero attached hydrogens (tertiary/aromatic N) is 1. The van der Waals surface area contributed by atoms with E-state index in [1.165, 1.54) is 11.2 Å². The summed E-state index contributed by atoms with van der Waals surface area (Å²) in [5, 5.41) is 11.3. The molecule has 3 aromatic rings. The highest BCUT2D eigenvalue weighted by molar-refractivity contribution is 6.46. The first kappa shape index (κ1) is 22.2. The minimum Gasteiger partial charge on any atom is -0.507 e. The van der Waals surface area contributed by atoms with Crippen molar-refractivity contribution in [3.05, 3.63) is 89.4 Å². The Bertz CT molecular complexity index is 1170. The van der Waals surface area contributed by atoms with E-state index in [1.807, 2.05) is 44.2 Å². The molecule has 1 N–H and O–H groups in total. The van der Waals surface area contributed by atoms with Crippen LogP contribution in [-0.4, -0.2) is 34.9 Å². The molecule has 2 aromatic carbocycles. The maximum Gasteiger partial charge on any atom is 0.296 e. The molecule has 1 aliphatic heterocycles. The van der Waals surface area contributed by atoms with Crippen molar-refractivity contribution in [3.8, 4) is 11.5 Å². The third-order valence-electron chi connectivity index (χ3n) is 5.38. The number of hydrogen-bond donors (Lipinski definition) is 1. The molecule has 0 radical (unpaired) electrons. The van der Waals surface area contributed by atoms with E-state index in [0.29, 0.717) is 41.6 Å². The second-order valence-corrected chi connectivity index (χ2v) is 7.44. The van der Waals surface area contributed by atoms with Gasteiger partial charge in [0.05, 0.1) is 43.2 Å². The Kier molecular flexibility index (Phi) is 6.49. The highest BCUT2D eigenvalue weighted by Gasteiger charge is 2.46. The fraction of sp³-hybridized carbons (Fsp3) is 0.231. The van der Waals surface area contributed by atoms with Crippen molar-refractivity contribution >= 4 is 17.4 Å². The number of hydrogen-bond acceptors (Lipinski definition) is 6. The van der Waals surface area contributed by atoms with Gasteiger partial charge in [-0.05, 0) is 43.7 Å². The van der Waals surface area contributed by atoms with Gasteiger partial charge < -0.3 is 23.9 Å². The highest BCUT2D eigenvalue weighted by Crippen LogP contribution is 2.42. The predicted molar refractivity (Wildman–Crippen MR) is 122 cm³/mol. The van der Waals surface area contributed by atoms with Gasteiger partial charge in [0.25, 0.3) is 11.7 Å². The monoisotopic (exact) mass is 447 g/mol. The summed E-state index contributed by atoms with van der Waals surface area (Å²) in [6.45, 7) is 4.61. The number of aliphatic hydroxyl groups is 1. The predicted octanol–water partition coefficient (Wildman–Crippen LogP) is 4.70. The lowest BCUT2D eigenvalue weighted by atomic mass is 9.95. The fourth-order valence-electron chi connectivity index (χ4n) is 3.97. The van der Waals surface area contributed by atoms with Crippen LogP contribution >= 0.6 is 0 Å². The number of carbonyl (C=O) groups excluding carboxylic acids is 2. The van der Waals surface area contributed by atoms with Gasteiger partial charge in [0.15, 0.2) is 0 Å². The van der Waals surface area contributed by atoms with Crippen LogP contribution in [0.15, 0.2) is 76.9 Å². The van der Waals surface area contributed by atoms with E-state index in [9.17, 15) is 14.7 Å². The second-order valence-electron chi connectivity index (χ2n) is 7.44. The van der Waals surface area contributed by atoms with Gasteiger partial charge in [0.1, 0.15) is 23.0 Å². The second kappa shape index (κ2) is 9.65. The average Bonchev–Trinajstić information content (AvgIpc) is 3.42. The molecule has 1 aliphatic rings. The Morgan fingerprint density at radius 3 is 2.42 bits per heavy atom. The highest BCUT2D eigenvalue weighted by atomic mass is 16.5. The summed E-state index contributed by atoms with van der Waals surface area (Å²) in [5.74, 6) is -0.278. The number of rotatable bonds is 8. The van der Waals surface area contributed by atoms with Crippen molar-refractivity contribution in [3.63, 3.8) is 0 Å². The Morgan fingerprint density at radius 1 is 1.00 bits per heavy atom. The molecule has 2 heterocycles. The Balaban J connectivity index is 1.86. The van der Waals surface area contributed by atoms with E-state index in [4.69, 9.17) is 13.9 Å². The number of benzene rings is 2. The first-order valence-corrected chi connectivity index (χ1v) is 10.8. The van der Waals surface area contributed by atoms with Gasteiger partial charge in [-0.2, -0.15) is 0 Å². The smallest absolute Gasteiger partial charge is 0.296 e. The van der Waals surface area contributed by atoms with E-state index < -0.39 is 17.7 Å². The Labute approximate surface area is 191 Å². The van der Waals surface area contributed by atoms with Crippen molar-refractivity contribution < 1.29 is 28.6 Å². The molecule has 0 saturated carbocycles. The molecule has 1 unspecified atom stereocenters. The van der Waals surface area contributed by atoms with Crippen molar-refractivity contribution in [1.29, 1.82) is 0 Å². The summed E-state index contributed by atoms with van der Waals surface area (Å²) in [4.78, 5) is 27.6. The normalized spacial score (nSPS) is 17.4. The number of ether oxygens (including phenoxy) is 2. The first-order chi connectivity index (χ1) is 16.0. The van der Waals surface area contributed by atoms with Crippen molar-refractivity contribution in [2.45, 2.75) is 26.4 Å². The van der Waals surface area contributed by atoms with Gasteiger partial charge >= 0.3 is 0 Å². The van der Waals surface area contributed by atoms with Crippen LogP contribution in [0, 0.1) is 0 Å². The van der Waals surface area contributed by atoms with Gasteiger partial charge in [-0.25, -0.2) is 0 Å². The van der Waals surface area contributed by atoms with E-state index in [1.54, 1.807) is 30.3 Å². The molecule has 170 valence electrons. The Hall–Kier alpha value is -4.00. The van der Waals surface area contributed by atoms with Crippen LogP contribution in [0.2, 0.25) is 0 Å². The largest absolute Gasteiger partial charge is 0.507 e. The number of ketones is 1. The third kappa shape index (κ3) is 4.35. The first-order valence-electron chi connectivity index (χ1n) is 10.8. The zero-order valence-electron chi connectivity index (χ0n) is 18.5. The van der Waals surface area contributed by atoms with Crippen LogP contribution in [0.3, 0.4) is 0 Å². The molecule has 4 rings (SSSR count).